The molecule has 5 heteroatoms. The van der Waals surface area contributed by atoms with E-state index in [2.05, 4.69) is 15.9 Å². The zero-order valence-corrected chi connectivity index (χ0v) is 10.8. The molecule has 1 aromatic heterocycles. The van der Waals surface area contributed by atoms with Gasteiger partial charge in [-0.2, -0.15) is 0 Å². The van der Waals surface area contributed by atoms with Crippen LogP contribution in [0.25, 0.3) is 0 Å². The number of thiazole rings is 1. The molecule has 0 spiro atoms. The number of rotatable bonds is 2. The molecule has 2 aliphatic heterocycles. The van der Waals surface area contributed by atoms with E-state index < -0.39 is 0 Å². The minimum Gasteiger partial charge on any atom is -0.392 e. The summed E-state index contributed by atoms with van der Waals surface area (Å²) in [6, 6.07) is 0. The van der Waals surface area contributed by atoms with E-state index in [1.54, 1.807) is 11.3 Å². The monoisotopic (exact) mass is 251 g/mol. The molecule has 0 aliphatic carbocycles. The second kappa shape index (κ2) is 4.74. The minimum absolute atomic E-state index is 0.203. The minimum atomic E-state index is 0.203. The van der Waals surface area contributed by atoms with Gasteiger partial charge in [0, 0.05) is 17.7 Å². The summed E-state index contributed by atoms with van der Waals surface area (Å²) in [5.74, 6) is 0.635. The highest BCUT2D eigenvalue weighted by atomic mass is 32.1. The van der Waals surface area contributed by atoms with E-state index >= 15 is 0 Å². The molecule has 92 valence electrons. The molecule has 0 amide bonds. The summed E-state index contributed by atoms with van der Waals surface area (Å²) in [5, 5.41) is 10.9. The molecule has 1 atom stereocenters. The number of oxime groups is 1. The van der Waals surface area contributed by atoms with Crippen LogP contribution >= 0.6 is 11.3 Å². The summed E-state index contributed by atoms with van der Waals surface area (Å²) in [7, 11) is 0. The molecule has 4 nitrogen and oxygen atoms in total. The third kappa shape index (κ3) is 2.35. The van der Waals surface area contributed by atoms with Crippen LogP contribution in [-0.2, 0) is 4.84 Å². The van der Waals surface area contributed by atoms with Crippen molar-refractivity contribution in [3.8, 4) is 0 Å². The van der Waals surface area contributed by atoms with Gasteiger partial charge in [-0.1, -0.05) is 5.16 Å². The van der Waals surface area contributed by atoms with Gasteiger partial charge in [-0.25, -0.2) is 4.98 Å². The number of hydrogen-bond donors (Lipinski definition) is 1. The van der Waals surface area contributed by atoms with E-state index in [1.165, 1.54) is 17.8 Å². The molecule has 3 heterocycles. The fourth-order valence-corrected chi connectivity index (χ4v) is 3.33. The first kappa shape index (κ1) is 11.2. The maximum atomic E-state index is 5.22. The average molecular weight is 251 g/mol. The Balaban J connectivity index is 1.73. The standard InChI is InChI=1S/C12H17N3OS/c1-8-6-10(15-16-8)11-7-17-12(14-11)9-2-4-13-5-3-9/h7-9,13H,2-6H2,1H3. The highest BCUT2D eigenvalue weighted by molar-refractivity contribution is 7.09. The van der Waals surface area contributed by atoms with Crippen molar-refractivity contribution in [3.05, 3.63) is 16.1 Å². The molecule has 0 saturated carbocycles. The largest absolute Gasteiger partial charge is 0.392 e. The Bertz CT molecular complexity index is 423. The van der Waals surface area contributed by atoms with Gasteiger partial charge in [0.2, 0.25) is 0 Å². The predicted molar refractivity (Wildman–Crippen MR) is 68.7 cm³/mol. The Morgan fingerprint density at radius 2 is 2.24 bits per heavy atom. The van der Waals surface area contributed by atoms with Gasteiger partial charge in [-0.3, -0.25) is 0 Å². The van der Waals surface area contributed by atoms with Gasteiger partial charge < -0.3 is 10.2 Å². The predicted octanol–water partition coefficient (Wildman–Crippen LogP) is 2.12. The molecule has 3 rings (SSSR count). The third-order valence-corrected chi connectivity index (χ3v) is 4.34. The molecule has 0 radical (unpaired) electrons. The lowest BCUT2D eigenvalue weighted by Gasteiger charge is -2.20. The molecule has 1 unspecified atom stereocenters. The zero-order valence-electron chi connectivity index (χ0n) is 9.98. The van der Waals surface area contributed by atoms with Gasteiger partial charge in [0.15, 0.2) is 0 Å². The van der Waals surface area contributed by atoms with Gasteiger partial charge in [0.1, 0.15) is 11.8 Å². The summed E-state index contributed by atoms with van der Waals surface area (Å²) in [6.45, 7) is 4.26. The molecule has 0 bridgehead atoms. The van der Waals surface area contributed by atoms with E-state index in [1.807, 2.05) is 6.92 Å². The summed E-state index contributed by atoms with van der Waals surface area (Å²) < 4.78 is 0. The number of aromatic nitrogens is 1. The van der Waals surface area contributed by atoms with Crippen LogP contribution < -0.4 is 5.32 Å². The van der Waals surface area contributed by atoms with Crippen molar-refractivity contribution >= 4 is 17.0 Å². The topological polar surface area (TPSA) is 46.5 Å². The molecule has 1 N–H and O–H groups in total. The molecular weight excluding hydrogens is 234 g/mol. The second-order valence-electron chi connectivity index (χ2n) is 4.75. The molecule has 2 aliphatic rings. The lowest BCUT2D eigenvalue weighted by atomic mass is 9.99. The normalized spacial score (nSPS) is 25.7. The lowest BCUT2D eigenvalue weighted by Crippen LogP contribution is -2.26. The molecule has 1 saturated heterocycles. The highest BCUT2D eigenvalue weighted by Gasteiger charge is 2.23. The lowest BCUT2D eigenvalue weighted by molar-refractivity contribution is 0.0995. The summed E-state index contributed by atoms with van der Waals surface area (Å²) in [4.78, 5) is 9.95. The summed E-state index contributed by atoms with van der Waals surface area (Å²) >= 11 is 1.77. The summed E-state index contributed by atoms with van der Waals surface area (Å²) in [6.07, 6.45) is 3.49. The number of nitrogens with zero attached hydrogens (tertiary/aromatic N) is 2. The second-order valence-corrected chi connectivity index (χ2v) is 5.64. The van der Waals surface area contributed by atoms with Gasteiger partial charge in [0.05, 0.1) is 10.7 Å². The first-order valence-electron chi connectivity index (χ1n) is 6.22. The fraction of sp³-hybridized carbons (Fsp3) is 0.667. The maximum absolute atomic E-state index is 5.22. The molecule has 0 aromatic carbocycles. The van der Waals surface area contributed by atoms with E-state index in [0.29, 0.717) is 5.92 Å². The Kier molecular flexibility index (Phi) is 3.11. The van der Waals surface area contributed by atoms with Crippen LogP contribution in [0.15, 0.2) is 10.5 Å². The van der Waals surface area contributed by atoms with Gasteiger partial charge in [-0.15, -0.1) is 11.3 Å². The van der Waals surface area contributed by atoms with Crippen molar-refractivity contribution in [2.75, 3.05) is 13.1 Å². The third-order valence-electron chi connectivity index (χ3n) is 3.33. The Labute approximate surface area is 105 Å². The van der Waals surface area contributed by atoms with Crippen molar-refractivity contribution in [1.82, 2.24) is 10.3 Å². The van der Waals surface area contributed by atoms with Crippen molar-refractivity contribution < 1.29 is 4.84 Å². The van der Waals surface area contributed by atoms with Crippen LogP contribution in [0.4, 0.5) is 0 Å². The molecular formula is C12H17N3OS. The van der Waals surface area contributed by atoms with Crippen LogP contribution in [0.5, 0.6) is 0 Å². The van der Waals surface area contributed by atoms with Crippen molar-refractivity contribution in [3.63, 3.8) is 0 Å². The average Bonchev–Trinajstić information content (AvgIpc) is 2.98. The Hall–Kier alpha value is -0.940. The number of hydrogen-bond acceptors (Lipinski definition) is 5. The van der Waals surface area contributed by atoms with Crippen molar-refractivity contribution in [1.29, 1.82) is 0 Å². The van der Waals surface area contributed by atoms with E-state index in [4.69, 9.17) is 9.82 Å². The quantitative estimate of drug-likeness (QED) is 0.876. The van der Waals surface area contributed by atoms with Crippen molar-refractivity contribution in [2.24, 2.45) is 5.16 Å². The van der Waals surface area contributed by atoms with Crippen LogP contribution in [0.2, 0.25) is 0 Å². The van der Waals surface area contributed by atoms with Crippen LogP contribution in [0.1, 0.15) is 42.8 Å². The number of nitrogens with one attached hydrogen (secondary N) is 1. The van der Waals surface area contributed by atoms with Crippen LogP contribution in [0, 0.1) is 0 Å². The van der Waals surface area contributed by atoms with Crippen molar-refractivity contribution in [2.45, 2.75) is 38.2 Å². The maximum Gasteiger partial charge on any atom is 0.130 e. The van der Waals surface area contributed by atoms with E-state index in [-0.39, 0.29) is 6.10 Å². The van der Waals surface area contributed by atoms with Gasteiger partial charge >= 0.3 is 0 Å². The van der Waals surface area contributed by atoms with Crippen LogP contribution in [-0.4, -0.2) is 29.9 Å². The zero-order chi connectivity index (χ0) is 11.7. The SMILES string of the molecule is CC1CC(c2csc(C3CCNCC3)n2)=NO1. The number of piperidine rings is 1. The van der Waals surface area contributed by atoms with E-state index in [9.17, 15) is 0 Å². The highest BCUT2D eigenvalue weighted by Crippen LogP contribution is 2.29. The summed E-state index contributed by atoms with van der Waals surface area (Å²) in [5.41, 5.74) is 2.03. The van der Waals surface area contributed by atoms with Crippen LogP contribution in [0.3, 0.4) is 0 Å². The Morgan fingerprint density at radius 1 is 1.41 bits per heavy atom. The molecule has 1 fully saturated rings. The molecule has 17 heavy (non-hydrogen) atoms. The molecule has 1 aromatic rings. The van der Waals surface area contributed by atoms with Gasteiger partial charge in [0.25, 0.3) is 0 Å². The Morgan fingerprint density at radius 3 is 2.94 bits per heavy atom. The fourth-order valence-electron chi connectivity index (χ4n) is 2.33. The first-order valence-corrected chi connectivity index (χ1v) is 7.10. The smallest absolute Gasteiger partial charge is 0.130 e. The first-order chi connectivity index (χ1) is 8.33. The van der Waals surface area contributed by atoms with Gasteiger partial charge in [-0.05, 0) is 32.9 Å². The van der Waals surface area contributed by atoms with E-state index in [0.717, 1.165) is 30.9 Å².